The van der Waals surface area contributed by atoms with Crippen LogP contribution in [0.3, 0.4) is 0 Å². The number of thioether (sulfide) groups is 1. The van der Waals surface area contributed by atoms with Gasteiger partial charge in [0, 0.05) is 25.4 Å². The maximum atomic E-state index is 12.7. The molecule has 0 saturated heterocycles. The zero-order valence-electron chi connectivity index (χ0n) is 17.0. The van der Waals surface area contributed by atoms with Crippen LogP contribution >= 0.6 is 11.8 Å². The van der Waals surface area contributed by atoms with E-state index in [0.717, 1.165) is 24.9 Å². The number of Topliss-reactive ketones (excluding diaryl/α,β-unsaturated/α-hetero) is 1. The highest BCUT2D eigenvalue weighted by Gasteiger charge is 2.33. The van der Waals surface area contributed by atoms with E-state index >= 15 is 0 Å². The molecule has 0 bridgehead atoms. The second kappa shape index (κ2) is 10.6. The molecular formula is C21H23N5O4S. The summed E-state index contributed by atoms with van der Waals surface area (Å²) in [4.78, 5) is 49.0. The standard InChI is InChI=1S/C21H23N5O4S/c1-22-20(29)18-16-17(25-26-18)14(27)12-15(19(16)28)31-11-7-3-6-10-23-21(30)24-13-8-4-2-5-9-13/h2,4-5,8-9,12H,3,6-7,10-11H2,1H3,(H,22,29)(H,25,26)(H2,23,24,30). The van der Waals surface area contributed by atoms with E-state index in [4.69, 9.17) is 0 Å². The van der Waals surface area contributed by atoms with E-state index in [9.17, 15) is 19.2 Å². The average molecular weight is 442 g/mol. The lowest BCUT2D eigenvalue weighted by molar-refractivity contribution is 0.0945. The third-order valence-corrected chi connectivity index (χ3v) is 5.67. The first-order valence-corrected chi connectivity index (χ1v) is 10.8. The maximum Gasteiger partial charge on any atom is 0.319 e. The molecule has 1 aliphatic rings. The first kappa shape index (κ1) is 22.3. The third-order valence-electron chi connectivity index (χ3n) is 4.56. The quantitative estimate of drug-likeness (QED) is 0.442. The van der Waals surface area contributed by atoms with Crippen molar-refractivity contribution in [2.75, 3.05) is 24.7 Å². The molecule has 3 rings (SSSR count). The predicted molar refractivity (Wildman–Crippen MR) is 118 cm³/mol. The van der Waals surface area contributed by atoms with Gasteiger partial charge in [-0.15, -0.1) is 11.8 Å². The van der Waals surface area contributed by atoms with Crippen LogP contribution in [0.1, 0.15) is 50.6 Å². The Labute approximate surface area is 183 Å². The molecule has 1 aromatic carbocycles. The van der Waals surface area contributed by atoms with E-state index in [1.54, 1.807) is 0 Å². The van der Waals surface area contributed by atoms with Gasteiger partial charge < -0.3 is 16.0 Å². The van der Waals surface area contributed by atoms with Crippen molar-refractivity contribution in [3.05, 3.63) is 58.3 Å². The lowest BCUT2D eigenvalue weighted by Gasteiger charge is -2.12. The van der Waals surface area contributed by atoms with Crippen LogP contribution in [0.2, 0.25) is 0 Å². The Morgan fingerprint density at radius 2 is 1.87 bits per heavy atom. The van der Waals surface area contributed by atoms with Crippen LogP contribution in [0.5, 0.6) is 0 Å². The summed E-state index contributed by atoms with van der Waals surface area (Å²) in [5.41, 5.74) is 0.745. The molecular weight excluding hydrogens is 418 g/mol. The molecule has 1 heterocycles. The summed E-state index contributed by atoms with van der Waals surface area (Å²) < 4.78 is 0. The average Bonchev–Trinajstić information content (AvgIpc) is 3.22. The monoisotopic (exact) mass is 441 g/mol. The Bertz CT molecular complexity index is 1020. The van der Waals surface area contributed by atoms with E-state index in [2.05, 4.69) is 26.1 Å². The zero-order chi connectivity index (χ0) is 22.2. The van der Waals surface area contributed by atoms with Gasteiger partial charge in [0.15, 0.2) is 0 Å². The van der Waals surface area contributed by atoms with Crippen molar-refractivity contribution in [1.29, 1.82) is 0 Å². The lowest BCUT2D eigenvalue weighted by atomic mass is 9.99. The number of para-hydroxylation sites is 1. The number of ketones is 2. The van der Waals surface area contributed by atoms with Crippen molar-refractivity contribution < 1.29 is 19.2 Å². The Morgan fingerprint density at radius 3 is 2.61 bits per heavy atom. The number of fused-ring (bicyclic) bond motifs is 1. The van der Waals surface area contributed by atoms with Crippen molar-refractivity contribution in [1.82, 2.24) is 20.8 Å². The molecule has 0 fully saturated rings. The van der Waals surface area contributed by atoms with E-state index in [1.807, 2.05) is 30.3 Å². The molecule has 2 aromatic rings. The minimum Gasteiger partial charge on any atom is -0.354 e. The van der Waals surface area contributed by atoms with Crippen LogP contribution in [0.25, 0.3) is 0 Å². The number of nitrogens with zero attached hydrogens (tertiary/aromatic N) is 1. The van der Waals surface area contributed by atoms with Gasteiger partial charge in [-0.1, -0.05) is 24.6 Å². The number of hydrogen-bond acceptors (Lipinski definition) is 6. The molecule has 0 atom stereocenters. The Hall–Kier alpha value is -3.40. The molecule has 31 heavy (non-hydrogen) atoms. The predicted octanol–water partition coefficient (Wildman–Crippen LogP) is 2.76. The molecule has 1 aliphatic carbocycles. The molecule has 0 unspecified atom stereocenters. The molecule has 0 spiro atoms. The summed E-state index contributed by atoms with van der Waals surface area (Å²) in [6.45, 7) is 0.539. The number of aromatic amines is 1. The minimum atomic E-state index is -0.495. The van der Waals surface area contributed by atoms with Crippen molar-refractivity contribution in [2.45, 2.75) is 19.3 Å². The van der Waals surface area contributed by atoms with Gasteiger partial charge in [0.25, 0.3) is 5.91 Å². The summed E-state index contributed by atoms with van der Waals surface area (Å²) in [5.74, 6) is -0.614. The number of aromatic nitrogens is 2. The fourth-order valence-electron chi connectivity index (χ4n) is 3.00. The Kier molecular flexibility index (Phi) is 7.60. The van der Waals surface area contributed by atoms with Gasteiger partial charge in [-0.3, -0.25) is 19.5 Å². The van der Waals surface area contributed by atoms with E-state index in [0.29, 0.717) is 17.2 Å². The molecule has 9 nitrogen and oxygen atoms in total. The van der Waals surface area contributed by atoms with E-state index in [1.165, 1.54) is 24.9 Å². The lowest BCUT2D eigenvalue weighted by Crippen LogP contribution is -2.29. The van der Waals surface area contributed by atoms with Gasteiger partial charge in [-0.05, 0) is 30.7 Å². The Balaban J connectivity index is 1.39. The molecule has 0 radical (unpaired) electrons. The SMILES string of the molecule is CNC(=O)c1[nH]nc2c1C(=O)C(SCCCCCNC(=O)Nc1ccccc1)=CC2=O. The number of urea groups is 1. The highest BCUT2D eigenvalue weighted by Crippen LogP contribution is 2.29. The number of amides is 3. The number of H-pyrrole nitrogens is 1. The van der Waals surface area contributed by atoms with E-state index in [-0.39, 0.29) is 28.8 Å². The smallest absolute Gasteiger partial charge is 0.319 e. The van der Waals surface area contributed by atoms with Crippen molar-refractivity contribution in [2.24, 2.45) is 0 Å². The number of unbranched alkanes of at least 4 members (excludes halogenated alkanes) is 2. The van der Waals surface area contributed by atoms with Gasteiger partial charge in [-0.2, -0.15) is 5.10 Å². The summed E-state index contributed by atoms with van der Waals surface area (Å²) in [6, 6.07) is 8.95. The van der Waals surface area contributed by atoms with Crippen LogP contribution < -0.4 is 16.0 Å². The van der Waals surface area contributed by atoms with Gasteiger partial charge >= 0.3 is 6.03 Å². The first-order chi connectivity index (χ1) is 15.0. The third kappa shape index (κ3) is 5.60. The van der Waals surface area contributed by atoms with Crippen LogP contribution in [0, 0.1) is 0 Å². The summed E-state index contributed by atoms with van der Waals surface area (Å²) in [6.07, 6.45) is 3.74. The topological polar surface area (TPSA) is 133 Å². The molecule has 10 heteroatoms. The summed E-state index contributed by atoms with van der Waals surface area (Å²) in [5, 5.41) is 14.3. The second-order valence-corrected chi connectivity index (χ2v) is 7.90. The van der Waals surface area contributed by atoms with Gasteiger partial charge in [-0.25, -0.2) is 4.79 Å². The number of carbonyl (C=O) groups excluding carboxylic acids is 4. The summed E-state index contributed by atoms with van der Waals surface area (Å²) in [7, 11) is 1.44. The summed E-state index contributed by atoms with van der Waals surface area (Å²) >= 11 is 1.29. The van der Waals surface area contributed by atoms with Crippen LogP contribution in [0.15, 0.2) is 41.3 Å². The van der Waals surface area contributed by atoms with Gasteiger partial charge in [0.2, 0.25) is 11.6 Å². The first-order valence-electron chi connectivity index (χ1n) is 9.85. The van der Waals surface area contributed by atoms with Crippen LogP contribution in [-0.4, -0.2) is 53.0 Å². The molecule has 0 saturated carbocycles. The number of hydrogen-bond donors (Lipinski definition) is 4. The number of allylic oxidation sites excluding steroid dienone is 2. The van der Waals surface area contributed by atoms with Crippen LogP contribution in [0.4, 0.5) is 10.5 Å². The minimum absolute atomic E-state index is 0.00176. The zero-order valence-corrected chi connectivity index (χ0v) is 17.8. The van der Waals surface area contributed by atoms with Crippen molar-refractivity contribution >= 4 is 41.0 Å². The van der Waals surface area contributed by atoms with Gasteiger partial charge in [0.1, 0.15) is 11.4 Å². The molecule has 162 valence electrons. The Morgan fingerprint density at radius 1 is 1.10 bits per heavy atom. The normalized spacial score (nSPS) is 12.7. The number of carbonyl (C=O) groups is 4. The number of benzene rings is 1. The van der Waals surface area contributed by atoms with Crippen LogP contribution in [-0.2, 0) is 0 Å². The fourth-order valence-corrected chi connectivity index (χ4v) is 3.99. The van der Waals surface area contributed by atoms with E-state index < -0.39 is 11.7 Å². The number of anilines is 1. The molecule has 3 amide bonds. The van der Waals surface area contributed by atoms with Gasteiger partial charge in [0.05, 0.1) is 10.5 Å². The highest BCUT2D eigenvalue weighted by molar-refractivity contribution is 8.04. The molecule has 1 aromatic heterocycles. The second-order valence-electron chi connectivity index (χ2n) is 6.76. The molecule has 0 aliphatic heterocycles. The highest BCUT2D eigenvalue weighted by atomic mass is 32.2. The largest absolute Gasteiger partial charge is 0.354 e. The van der Waals surface area contributed by atoms with Crippen molar-refractivity contribution in [3.63, 3.8) is 0 Å². The number of nitrogens with one attached hydrogen (secondary N) is 4. The fraction of sp³-hybridized carbons (Fsp3) is 0.286. The maximum absolute atomic E-state index is 12.7. The molecule has 4 N–H and O–H groups in total. The number of rotatable bonds is 9. The van der Waals surface area contributed by atoms with Crippen molar-refractivity contribution in [3.8, 4) is 0 Å².